The summed E-state index contributed by atoms with van der Waals surface area (Å²) in [5.41, 5.74) is 2.02. The summed E-state index contributed by atoms with van der Waals surface area (Å²) >= 11 is 0. The largest absolute Gasteiger partial charge is 0.486 e. The number of fused-ring (bicyclic) bond motifs is 1. The minimum absolute atomic E-state index is 0.377. The second kappa shape index (κ2) is 7.37. The predicted octanol–water partition coefficient (Wildman–Crippen LogP) is 2.48. The fourth-order valence-electron chi connectivity index (χ4n) is 3.55. The normalized spacial score (nSPS) is 20.2. The zero-order chi connectivity index (χ0) is 21.5. The third-order valence-corrected chi connectivity index (χ3v) is 5.49. The molecule has 0 unspecified atom stereocenters. The number of urea groups is 1. The van der Waals surface area contributed by atoms with Crippen molar-refractivity contribution in [2.24, 2.45) is 0 Å². The van der Waals surface area contributed by atoms with Crippen LogP contribution in [0.5, 0.6) is 11.5 Å². The molecular weight excluding hydrogens is 386 g/mol. The van der Waals surface area contributed by atoms with Gasteiger partial charge >= 0.3 is 6.03 Å². The van der Waals surface area contributed by atoms with Gasteiger partial charge in [0.1, 0.15) is 25.3 Å². The molecule has 0 bridgehead atoms. The van der Waals surface area contributed by atoms with Gasteiger partial charge in [-0.2, -0.15) is 0 Å². The van der Waals surface area contributed by atoms with Gasteiger partial charge in [0.15, 0.2) is 11.5 Å². The van der Waals surface area contributed by atoms with Crippen molar-refractivity contribution in [2.45, 2.75) is 26.3 Å². The van der Waals surface area contributed by atoms with Crippen molar-refractivity contribution in [3.63, 3.8) is 0 Å². The van der Waals surface area contributed by atoms with Gasteiger partial charge in [0.2, 0.25) is 5.91 Å². The van der Waals surface area contributed by atoms with E-state index in [-0.39, 0.29) is 6.54 Å². The lowest BCUT2D eigenvalue weighted by atomic mass is 9.91. The molecule has 156 valence electrons. The summed E-state index contributed by atoms with van der Waals surface area (Å²) in [6.45, 7) is 6.03. The average Bonchev–Trinajstić information content (AvgIpc) is 2.94. The molecule has 0 radical (unpaired) electrons. The third kappa shape index (κ3) is 3.45. The van der Waals surface area contributed by atoms with Crippen molar-refractivity contribution in [3.05, 3.63) is 53.1 Å². The van der Waals surface area contributed by atoms with Crippen molar-refractivity contribution in [1.29, 1.82) is 0 Å². The SMILES string of the molecule is Cc1ccc(NC(=O)CN2C(=O)N[C@](C)(c3ccc4c(c3)OCCO4)C2=O)cc1C. The fourth-order valence-corrected chi connectivity index (χ4v) is 3.55. The molecule has 4 rings (SSSR count). The van der Waals surface area contributed by atoms with Gasteiger partial charge in [-0.15, -0.1) is 0 Å². The highest BCUT2D eigenvalue weighted by molar-refractivity contribution is 6.10. The van der Waals surface area contributed by atoms with Crippen LogP contribution >= 0.6 is 0 Å². The van der Waals surface area contributed by atoms with Crippen LogP contribution in [0.1, 0.15) is 23.6 Å². The summed E-state index contributed by atoms with van der Waals surface area (Å²) in [6, 6.07) is 10.0. The van der Waals surface area contributed by atoms with Crippen molar-refractivity contribution in [2.75, 3.05) is 25.1 Å². The second-order valence-electron chi connectivity index (χ2n) is 7.65. The summed E-state index contributed by atoms with van der Waals surface area (Å²) in [5, 5.41) is 5.44. The van der Waals surface area contributed by atoms with E-state index >= 15 is 0 Å². The molecule has 8 nitrogen and oxygen atoms in total. The topological polar surface area (TPSA) is 97.0 Å². The molecule has 1 fully saturated rings. The highest BCUT2D eigenvalue weighted by atomic mass is 16.6. The zero-order valence-corrected chi connectivity index (χ0v) is 17.1. The number of carbonyl (C=O) groups excluding carboxylic acids is 3. The molecular formula is C22H23N3O5. The molecule has 2 aromatic carbocycles. The molecule has 2 aliphatic rings. The van der Waals surface area contributed by atoms with Gasteiger partial charge in [-0.25, -0.2) is 4.79 Å². The Morgan fingerprint density at radius 2 is 1.80 bits per heavy atom. The van der Waals surface area contributed by atoms with Gasteiger partial charge in [-0.05, 0) is 61.7 Å². The molecule has 30 heavy (non-hydrogen) atoms. The molecule has 2 N–H and O–H groups in total. The second-order valence-corrected chi connectivity index (χ2v) is 7.65. The highest BCUT2D eigenvalue weighted by Gasteiger charge is 2.49. The molecule has 0 aromatic heterocycles. The van der Waals surface area contributed by atoms with E-state index in [4.69, 9.17) is 9.47 Å². The number of hydrogen-bond acceptors (Lipinski definition) is 5. The maximum Gasteiger partial charge on any atom is 0.325 e. The van der Waals surface area contributed by atoms with Crippen LogP contribution in [0.3, 0.4) is 0 Å². The summed E-state index contributed by atoms with van der Waals surface area (Å²) in [7, 11) is 0. The van der Waals surface area contributed by atoms with Crippen molar-refractivity contribution in [3.8, 4) is 11.5 Å². The van der Waals surface area contributed by atoms with Gasteiger partial charge in [0, 0.05) is 5.69 Å². The Balaban J connectivity index is 1.50. The Hall–Kier alpha value is -3.55. The number of amides is 4. The van der Waals surface area contributed by atoms with Gasteiger partial charge in [-0.3, -0.25) is 14.5 Å². The minimum Gasteiger partial charge on any atom is -0.486 e. The summed E-state index contributed by atoms with van der Waals surface area (Å²) in [6.07, 6.45) is 0. The number of anilines is 1. The molecule has 2 heterocycles. The van der Waals surface area contributed by atoms with E-state index < -0.39 is 23.4 Å². The smallest absolute Gasteiger partial charge is 0.325 e. The van der Waals surface area contributed by atoms with Crippen LogP contribution in [0.4, 0.5) is 10.5 Å². The number of aryl methyl sites for hydroxylation is 2. The first-order valence-electron chi connectivity index (χ1n) is 9.69. The molecule has 2 aromatic rings. The summed E-state index contributed by atoms with van der Waals surface area (Å²) < 4.78 is 11.1. The van der Waals surface area contributed by atoms with E-state index in [1.807, 2.05) is 26.0 Å². The standard InChI is InChI=1S/C22H23N3O5/c1-13-4-6-16(10-14(13)2)23-19(26)12-25-20(27)22(3,24-21(25)28)15-5-7-17-18(11-15)30-9-8-29-17/h4-7,10-11H,8-9,12H2,1-3H3,(H,23,26)(H,24,28)/t22-/m1/s1. The Kier molecular flexibility index (Phi) is 4.85. The molecule has 1 atom stereocenters. The van der Waals surface area contributed by atoms with Crippen LogP contribution in [-0.2, 0) is 15.1 Å². The zero-order valence-electron chi connectivity index (χ0n) is 17.1. The molecule has 8 heteroatoms. The molecule has 0 saturated carbocycles. The Bertz CT molecular complexity index is 1050. The first kappa shape index (κ1) is 19.8. The van der Waals surface area contributed by atoms with Crippen molar-refractivity contribution >= 4 is 23.5 Å². The summed E-state index contributed by atoms with van der Waals surface area (Å²) in [5.74, 6) is 0.163. The van der Waals surface area contributed by atoms with Gasteiger partial charge in [0.05, 0.1) is 0 Å². The van der Waals surface area contributed by atoms with E-state index in [1.54, 1.807) is 31.2 Å². The number of nitrogens with one attached hydrogen (secondary N) is 2. The number of benzene rings is 2. The van der Waals surface area contributed by atoms with Crippen LogP contribution in [0, 0.1) is 13.8 Å². The number of nitrogens with zero attached hydrogens (tertiary/aromatic N) is 1. The van der Waals surface area contributed by atoms with Crippen LogP contribution in [0.2, 0.25) is 0 Å². The van der Waals surface area contributed by atoms with E-state index in [2.05, 4.69) is 10.6 Å². The molecule has 0 aliphatic carbocycles. The minimum atomic E-state index is -1.30. The summed E-state index contributed by atoms with van der Waals surface area (Å²) in [4.78, 5) is 39.0. The number of carbonyl (C=O) groups is 3. The molecule has 0 spiro atoms. The fraction of sp³-hybridized carbons (Fsp3) is 0.318. The maximum absolute atomic E-state index is 13.1. The predicted molar refractivity (Wildman–Crippen MR) is 110 cm³/mol. The van der Waals surface area contributed by atoms with Gasteiger partial charge < -0.3 is 20.1 Å². The van der Waals surface area contributed by atoms with Crippen molar-refractivity contribution in [1.82, 2.24) is 10.2 Å². The first-order chi connectivity index (χ1) is 14.3. The Morgan fingerprint density at radius 3 is 2.53 bits per heavy atom. The quantitative estimate of drug-likeness (QED) is 0.757. The third-order valence-electron chi connectivity index (χ3n) is 5.49. The number of rotatable bonds is 4. The van der Waals surface area contributed by atoms with Gasteiger partial charge in [-0.1, -0.05) is 12.1 Å². The molecule has 2 aliphatic heterocycles. The molecule has 4 amide bonds. The van der Waals surface area contributed by atoms with Crippen LogP contribution < -0.4 is 20.1 Å². The lowest BCUT2D eigenvalue weighted by Gasteiger charge is -2.25. The van der Waals surface area contributed by atoms with E-state index in [1.165, 1.54) is 0 Å². The highest BCUT2D eigenvalue weighted by Crippen LogP contribution is 2.36. The lowest BCUT2D eigenvalue weighted by molar-refractivity contribution is -0.133. The first-order valence-corrected chi connectivity index (χ1v) is 9.69. The Morgan fingerprint density at radius 1 is 1.07 bits per heavy atom. The maximum atomic E-state index is 13.1. The van der Waals surface area contributed by atoms with E-state index in [0.29, 0.717) is 36.0 Å². The number of ether oxygens (including phenoxy) is 2. The van der Waals surface area contributed by atoms with Crippen LogP contribution in [0.25, 0.3) is 0 Å². The van der Waals surface area contributed by atoms with Crippen LogP contribution in [0.15, 0.2) is 36.4 Å². The molecule has 1 saturated heterocycles. The van der Waals surface area contributed by atoms with Gasteiger partial charge in [0.25, 0.3) is 5.91 Å². The van der Waals surface area contributed by atoms with E-state index in [0.717, 1.165) is 16.0 Å². The van der Waals surface area contributed by atoms with Crippen LogP contribution in [-0.4, -0.2) is 42.5 Å². The van der Waals surface area contributed by atoms with Crippen molar-refractivity contribution < 1.29 is 23.9 Å². The Labute approximate surface area is 174 Å². The monoisotopic (exact) mass is 409 g/mol. The number of hydrogen-bond donors (Lipinski definition) is 2. The lowest BCUT2D eigenvalue weighted by Crippen LogP contribution is -2.42. The number of imide groups is 1. The average molecular weight is 409 g/mol. The van der Waals surface area contributed by atoms with E-state index in [9.17, 15) is 14.4 Å².